The van der Waals surface area contributed by atoms with Gasteiger partial charge in [-0.2, -0.15) is 0 Å². The molecule has 2 aliphatic rings. The number of rotatable bonds is 2. The maximum Gasteiger partial charge on any atom is 0.225 e. The number of nitrogens with zero attached hydrogens (tertiary/aromatic N) is 5. The van der Waals surface area contributed by atoms with E-state index < -0.39 is 0 Å². The van der Waals surface area contributed by atoms with Gasteiger partial charge < -0.3 is 15.0 Å². The maximum absolute atomic E-state index is 5.41. The molecule has 3 aromatic rings. The number of imidazole rings is 1. The van der Waals surface area contributed by atoms with Gasteiger partial charge in [0.15, 0.2) is 0 Å². The fraction of sp³-hybridized carbons (Fsp3) is 0.450. The highest BCUT2D eigenvalue weighted by Crippen LogP contribution is 2.32. The zero-order chi connectivity index (χ0) is 18.4. The number of aryl methyl sites for hydroxylation is 2. The number of nitrogens with one attached hydrogen (secondary N) is 1. The number of anilines is 2. The standard InChI is InChI=1S/C20H24N6O/c1-13-14(2)18-24-17-4-3-5-21-19(17)26(18)12-16(13)15-10-22-20(23-11-15)25-6-8-27-9-7-25/h10-12,21H,3-9H2,1-2H3. The van der Waals surface area contributed by atoms with E-state index in [2.05, 4.69) is 44.6 Å². The number of hydrogen-bond donors (Lipinski definition) is 1. The molecule has 0 amide bonds. The smallest absolute Gasteiger partial charge is 0.225 e. The van der Waals surface area contributed by atoms with Crippen LogP contribution in [0, 0.1) is 13.8 Å². The minimum Gasteiger partial charge on any atom is -0.378 e. The zero-order valence-electron chi connectivity index (χ0n) is 15.8. The quantitative estimate of drug-likeness (QED) is 0.754. The number of morpholine rings is 1. The van der Waals surface area contributed by atoms with Crippen molar-refractivity contribution in [1.29, 1.82) is 0 Å². The van der Waals surface area contributed by atoms with Gasteiger partial charge in [0.25, 0.3) is 0 Å². The first-order chi connectivity index (χ1) is 13.2. The highest BCUT2D eigenvalue weighted by molar-refractivity contribution is 5.73. The Bertz CT molecular complexity index is 988. The van der Waals surface area contributed by atoms with Gasteiger partial charge in [-0.25, -0.2) is 15.0 Å². The van der Waals surface area contributed by atoms with Crippen LogP contribution in [0.4, 0.5) is 11.8 Å². The summed E-state index contributed by atoms with van der Waals surface area (Å²) in [6.45, 7) is 8.46. The minimum absolute atomic E-state index is 0.735. The van der Waals surface area contributed by atoms with Gasteiger partial charge in [0.1, 0.15) is 11.5 Å². The predicted molar refractivity (Wildman–Crippen MR) is 106 cm³/mol. The average molecular weight is 364 g/mol. The molecule has 0 unspecified atom stereocenters. The highest BCUT2D eigenvalue weighted by Gasteiger charge is 2.20. The van der Waals surface area contributed by atoms with Gasteiger partial charge in [-0.1, -0.05) is 0 Å². The Kier molecular flexibility index (Phi) is 3.97. The molecular weight excluding hydrogens is 340 g/mol. The Morgan fingerprint density at radius 3 is 2.63 bits per heavy atom. The Hall–Kier alpha value is -2.67. The largest absolute Gasteiger partial charge is 0.378 e. The summed E-state index contributed by atoms with van der Waals surface area (Å²) in [6.07, 6.45) is 8.22. The van der Waals surface area contributed by atoms with E-state index in [9.17, 15) is 0 Å². The van der Waals surface area contributed by atoms with Gasteiger partial charge in [-0.3, -0.25) is 4.40 Å². The van der Waals surface area contributed by atoms with Gasteiger partial charge in [0, 0.05) is 49.4 Å². The van der Waals surface area contributed by atoms with Crippen LogP contribution in [0.5, 0.6) is 0 Å². The topological polar surface area (TPSA) is 67.6 Å². The second-order valence-corrected chi connectivity index (χ2v) is 7.29. The normalized spacial score (nSPS) is 17.0. The summed E-state index contributed by atoms with van der Waals surface area (Å²) in [5, 5.41) is 3.51. The number of pyridine rings is 1. The number of hydrogen-bond acceptors (Lipinski definition) is 6. The first kappa shape index (κ1) is 16.5. The Balaban J connectivity index is 1.57. The van der Waals surface area contributed by atoms with Crippen LogP contribution in [-0.2, 0) is 11.2 Å². The van der Waals surface area contributed by atoms with Crippen molar-refractivity contribution in [2.24, 2.45) is 0 Å². The monoisotopic (exact) mass is 364 g/mol. The van der Waals surface area contributed by atoms with Crippen LogP contribution in [-0.4, -0.2) is 52.2 Å². The number of aromatic nitrogens is 4. The minimum atomic E-state index is 0.735. The molecule has 5 rings (SSSR count). The van der Waals surface area contributed by atoms with Crippen LogP contribution >= 0.6 is 0 Å². The molecule has 1 saturated heterocycles. The molecule has 0 bridgehead atoms. The molecule has 0 aliphatic carbocycles. The molecule has 3 aromatic heterocycles. The van der Waals surface area contributed by atoms with Crippen LogP contribution < -0.4 is 10.2 Å². The molecule has 2 aliphatic heterocycles. The Morgan fingerprint density at radius 1 is 1.07 bits per heavy atom. The third kappa shape index (κ3) is 2.73. The third-order valence-corrected chi connectivity index (χ3v) is 5.67. The lowest BCUT2D eigenvalue weighted by Crippen LogP contribution is -2.37. The molecular formula is C20H24N6O. The van der Waals surface area contributed by atoms with Crippen molar-refractivity contribution in [3.05, 3.63) is 35.4 Å². The molecule has 140 valence electrons. The third-order valence-electron chi connectivity index (χ3n) is 5.67. The van der Waals surface area contributed by atoms with Crippen LogP contribution in [0.25, 0.3) is 16.8 Å². The average Bonchev–Trinajstić information content (AvgIpc) is 3.10. The highest BCUT2D eigenvalue weighted by atomic mass is 16.5. The number of ether oxygens (including phenoxy) is 1. The summed E-state index contributed by atoms with van der Waals surface area (Å²) in [7, 11) is 0. The summed E-state index contributed by atoms with van der Waals surface area (Å²) in [5.41, 5.74) is 6.84. The van der Waals surface area contributed by atoms with E-state index in [0.29, 0.717) is 0 Å². The van der Waals surface area contributed by atoms with Crippen molar-refractivity contribution in [1.82, 2.24) is 19.4 Å². The molecule has 1 N–H and O–H groups in total. The molecule has 0 spiro atoms. The van der Waals surface area contributed by atoms with Gasteiger partial charge in [0.2, 0.25) is 5.95 Å². The van der Waals surface area contributed by atoms with Gasteiger partial charge in [0.05, 0.1) is 18.9 Å². The van der Waals surface area contributed by atoms with Crippen molar-refractivity contribution < 1.29 is 4.74 Å². The molecule has 7 nitrogen and oxygen atoms in total. The van der Waals surface area contributed by atoms with Crippen LogP contribution in [0.15, 0.2) is 18.6 Å². The molecule has 27 heavy (non-hydrogen) atoms. The lowest BCUT2D eigenvalue weighted by atomic mass is 10.0. The lowest BCUT2D eigenvalue weighted by molar-refractivity contribution is 0.122. The van der Waals surface area contributed by atoms with Crippen LogP contribution in [0.2, 0.25) is 0 Å². The SMILES string of the molecule is Cc1c(-c2cnc(N3CCOCC3)nc2)cn2c3c(nc2c1C)CCCN3. The van der Waals surface area contributed by atoms with Crippen molar-refractivity contribution in [3.8, 4) is 11.1 Å². The fourth-order valence-electron chi connectivity index (χ4n) is 3.97. The molecule has 1 fully saturated rings. The Labute approximate surface area is 158 Å². The van der Waals surface area contributed by atoms with Crippen LogP contribution in [0.3, 0.4) is 0 Å². The predicted octanol–water partition coefficient (Wildman–Crippen LogP) is 2.60. The summed E-state index contributed by atoms with van der Waals surface area (Å²) >= 11 is 0. The van der Waals surface area contributed by atoms with E-state index >= 15 is 0 Å². The first-order valence-corrected chi connectivity index (χ1v) is 9.62. The van der Waals surface area contributed by atoms with Gasteiger partial charge >= 0.3 is 0 Å². The van der Waals surface area contributed by atoms with E-state index in [1.54, 1.807) is 0 Å². The van der Waals surface area contributed by atoms with Crippen molar-refractivity contribution in [3.63, 3.8) is 0 Å². The molecule has 0 aromatic carbocycles. The Morgan fingerprint density at radius 2 is 1.85 bits per heavy atom. The zero-order valence-corrected chi connectivity index (χ0v) is 15.8. The van der Waals surface area contributed by atoms with E-state index in [4.69, 9.17) is 9.72 Å². The van der Waals surface area contributed by atoms with Gasteiger partial charge in [-0.05, 0) is 37.8 Å². The molecule has 5 heterocycles. The van der Waals surface area contributed by atoms with E-state index in [0.717, 1.165) is 74.2 Å². The molecule has 0 atom stereocenters. The summed E-state index contributed by atoms with van der Waals surface area (Å²) in [4.78, 5) is 16.3. The lowest BCUT2D eigenvalue weighted by Gasteiger charge is -2.26. The molecule has 0 radical (unpaired) electrons. The second kappa shape index (κ2) is 6.49. The van der Waals surface area contributed by atoms with Crippen molar-refractivity contribution in [2.75, 3.05) is 43.1 Å². The van der Waals surface area contributed by atoms with E-state index in [1.165, 1.54) is 16.8 Å². The summed E-state index contributed by atoms with van der Waals surface area (Å²) in [6, 6.07) is 0. The second-order valence-electron chi connectivity index (χ2n) is 7.29. The van der Waals surface area contributed by atoms with Gasteiger partial charge in [-0.15, -0.1) is 0 Å². The summed E-state index contributed by atoms with van der Waals surface area (Å²) in [5.74, 6) is 1.91. The maximum atomic E-state index is 5.41. The van der Waals surface area contributed by atoms with Crippen molar-refractivity contribution in [2.45, 2.75) is 26.7 Å². The van der Waals surface area contributed by atoms with E-state index in [1.807, 2.05) is 12.4 Å². The number of fused-ring (bicyclic) bond motifs is 3. The molecule has 7 heteroatoms. The van der Waals surface area contributed by atoms with E-state index in [-0.39, 0.29) is 0 Å². The molecule has 0 saturated carbocycles. The summed E-state index contributed by atoms with van der Waals surface area (Å²) < 4.78 is 7.61. The van der Waals surface area contributed by atoms with Crippen molar-refractivity contribution >= 4 is 17.4 Å². The first-order valence-electron chi connectivity index (χ1n) is 9.62. The van der Waals surface area contributed by atoms with Crippen LogP contribution in [0.1, 0.15) is 23.2 Å². The fourth-order valence-corrected chi connectivity index (χ4v) is 3.97.